The highest BCUT2D eigenvalue weighted by molar-refractivity contribution is 6.29. The summed E-state index contributed by atoms with van der Waals surface area (Å²) in [5, 5.41) is 7.30. The van der Waals surface area contributed by atoms with Gasteiger partial charge in [-0.3, -0.25) is 0 Å². The molecule has 2 aliphatic rings. The number of pyridine rings is 1. The molecule has 1 fully saturated rings. The molecule has 5 heteroatoms. The van der Waals surface area contributed by atoms with Crippen molar-refractivity contribution in [1.29, 1.82) is 0 Å². The van der Waals surface area contributed by atoms with Crippen molar-refractivity contribution in [3.05, 3.63) is 63.9 Å². The third-order valence-corrected chi connectivity index (χ3v) is 6.50. The maximum atomic E-state index is 6.30. The molecule has 4 nitrogen and oxygen atoms in total. The van der Waals surface area contributed by atoms with E-state index in [1.807, 2.05) is 25.3 Å². The fourth-order valence-corrected chi connectivity index (χ4v) is 4.84. The number of anilines is 2. The van der Waals surface area contributed by atoms with Crippen LogP contribution in [0.5, 0.6) is 0 Å². The molecule has 0 saturated carbocycles. The van der Waals surface area contributed by atoms with Crippen molar-refractivity contribution in [1.82, 2.24) is 15.2 Å². The Morgan fingerprint density at radius 1 is 1.23 bits per heavy atom. The first-order valence-corrected chi connectivity index (χ1v) is 11.3. The number of fused-ring (bicyclic) bond motifs is 1. The van der Waals surface area contributed by atoms with E-state index in [1.165, 1.54) is 37.1 Å². The zero-order chi connectivity index (χ0) is 21.3. The lowest BCUT2D eigenvalue weighted by Gasteiger charge is -2.35. The number of aromatic nitrogens is 1. The van der Waals surface area contributed by atoms with Crippen LogP contribution in [0.4, 0.5) is 11.5 Å². The first-order chi connectivity index (χ1) is 14.5. The van der Waals surface area contributed by atoms with Crippen molar-refractivity contribution < 1.29 is 0 Å². The molecular weight excluding hydrogens is 392 g/mol. The topological polar surface area (TPSA) is 40.2 Å². The molecule has 0 radical (unpaired) electrons. The average molecular weight is 423 g/mol. The van der Waals surface area contributed by atoms with Gasteiger partial charge < -0.3 is 15.5 Å². The van der Waals surface area contributed by atoms with Crippen molar-refractivity contribution in [3.8, 4) is 0 Å². The second kappa shape index (κ2) is 8.83. The Balaban J connectivity index is 1.57. The monoisotopic (exact) mass is 422 g/mol. The molecule has 30 heavy (non-hydrogen) atoms. The van der Waals surface area contributed by atoms with E-state index in [1.54, 1.807) is 0 Å². The molecule has 2 N–H and O–H groups in total. The van der Waals surface area contributed by atoms with Crippen LogP contribution in [0.15, 0.2) is 36.5 Å². The number of rotatable bonds is 4. The molecule has 0 aliphatic carbocycles. The number of likely N-dealkylation sites (tertiary alicyclic amines) is 1. The van der Waals surface area contributed by atoms with Crippen LogP contribution in [0.25, 0.3) is 11.8 Å². The van der Waals surface area contributed by atoms with Gasteiger partial charge in [-0.25, -0.2) is 4.98 Å². The summed E-state index contributed by atoms with van der Waals surface area (Å²) in [4.78, 5) is 7.16. The predicted octanol–water partition coefficient (Wildman–Crippen LogP) is 6.31. The molecular formula is C25H31ClN4. The van der Waals surface area contributed by atoms with Crippen molar-refractivity contribution >= 4 is 34.9 Å². The lowest BCUT2D eigenvalue weighted by Crippen LogP contribution is -2.37. The first kappa shape index (κ1) is 21.0. The fourth-order valence-electron chi connectivity index (χ4n) is 4.63. The van der Waals surface area contributed by atoms with E-state index in [-0.39, 0.29) is 0 Å². The van der Waals surface area contributed by atoms with Gasteiger partial charge in [0.2, 0.25) is 0 Å². The molecule has 1 saturated heterocycles. The number of halogens is 1. The molecule has 2 aliphatic heterocycles. The molecule has 3 heterocycles. The predicted molar refractivity (Wildman–Crippen MR) is 128 cm³/mol. The Morgan fingerprint density at radius 2 is 2.00 bits per heavy atom. The number of benzene rings is 1. The molecule has 0 atom stereocenters. The van der Waals surface area contributed by atoms with E-state index in [0.29, 0.717) is 17.1 Å². The van der Waals surface area contributed by atoms with Gasteiger partial charge in [0.1, 0.15) is 11.0 Å². The van der Waals surface area contributed by atoms with Gasteiger partial charge in [-0.15, -0.1) is 0 Å². The summed E-state index contributed by atoms with van der Waals surface area (Å²) in [6.45, 7) is 11.2. The van der Waals surface area contributed by atoms with Crippen molar-refractivity contribution in [3.63, 3.8) is 0 Å². The zero-order valence-electron chi connectivity index (χ0n) is 18.3. The summed E-state index contributed by atoms with van der Waals surface area (Å²) < 4.78 is 0. The van der Waals surface area contributed by atoms with Gasteiger partial charge in [-0.2, -0.15) is 0 Å². The smallest absolute Gasteiger partial charge is 0.142 e. The van der Waals surface area contributed by atoms with E-state index >= 15 is 0 Å². The number of hydrogen-bond acceptors (Lipinski definition) is 4. The summed E-state index contributed by atoms with van der Waals surface area (Å²) >= 11 is 6.30. The number of allylic oxidation sites excluding steroid dienone is 1. The fraction of sp³-hybridized carbons (Fsp3) is 0.400. The quantitative estimate of drug-likeness (QED) is 0.566. The maximum absolute atomic E-state index is 6.30. The number of aryl methyl sites for hydroxylation is 1. The Kier molecular flexibility index (Phi) is 6.16. The first-order valence-electron chi connectivity index (χ1n) is 10.9. The summed E-state index contributed by atoms with van der Waals surface area (Å²) in [5.74, 6) is 1.43. The molecule has 2 aromatic rings. The van der Waals surface area contributed by atoms with Crippen LogP contribution in [-0.2, 0) is 0 Å². The van der Waals surface area contributed by atoms with E-state index in [4.69, 9.17) is 11.6 Å². The molecule has 0 bridgehead atoms. The van der Waals surface area contributed by atoms with E-state index in [9.17, 15) is 0 Å². The molecule has 1 aromatic carbocycles. The molecule has 158 valence electrons. The van der Waals surface area contributed by atoms with Crippen LogP contribution < -0.4 is 10.6 Å². The highest BCUT2D eigenvalue weighted by Crippen LogP contribution is 2.35. The van der Waals surface area contributed by atoms with Crippen molar-refractivity contribution in [2.75, 3.05) is 18.4 Å². The average Bonchev–Trinajstić information content (AvgIpc) is 2.73. The normalized spacial score (nSPS) is 18.5. The summed E-state index contributed by atoms with van der Waals surface area (Å²) in [5.41, 5.74) is 7.00. The minimum atomic E-state index is 0.489. The van der Waals surface area contributed by atoms with Gasteiger partial charge in [-0.1, -0.05) is 23.7 Å². The van der Waals surface area contributed by atoms with Crippen LogP contribution in [0.3, 0.4) is 0 Å². The SMILES string of the molecule is C/C=C1/NC=Cc2cc(Cl)nc(Nc3ccc(C4CCN(C(C)C)CC4)c(C)c3)c21. The maximum Gasteiger partial charge on any atom is 0.142 e. The minimum absolute atomic E-state index is 0.489. The molecule has 0 spiro atoms. The Bertz CT molecular complexity index is 985. The van der Waals surface area contributed by atoms with Crippen molar-refractivity contribution in [2.45, 2.75) is 52.5 Å². The molecule has 1 aromatic heterocycles. The Labute approximate surface area is 185 Å². The van der Waals surface area contributed by atoms with Gasteiger partial charge in [-0.05, 0) is 101 Å². The third-order valence-electron chi connectivity index (χ3n) is 6.31. The minimum Gasteiger partial charge on any atom is -0.361 e. The lowest BCUT2D eigenvalue weighted by atomic mass is 9.86. The summed E-state index contributed by atoms with van der Waals surface area (Å²) in [6.07, 6.45) is 8.48. The van der Waals surface area contributed by atoms with Gasteiger partial charge in [0.05, 0.1) is 0 Å². The summed E-state index contributed by atoms with van der Waals surface area (Å²) in [6, 6.07) is 9.25. The van der Waals surface area contributed by atoms with Crippen LogP contribution >= 0.6 is 11.6 Å². The zero-order valence-corrected chi connectivity index (χ0v) is 19.1. The largest absolute Gasteiger partial charge is 0.361 e. The van der Waals surface area contributed by atoms with Gasteiger partial charge in [0.25, 0.3) is 0 Å². The standard InChI is InChI=1S/C25H31ClN4/c1-5-22-24-19(8-11-27-22)15-23(26)29-25(24)28-20-6-7-21(17(4)14-20)18-9-12-30(13-10-18)16(2)3/h5-8,11,14-16,18,27H,9-10,12-13H2,1-4H3,(H,28,29)/b22-5+. The van der Waals surface area contributed by atoms with Crippen LogP contribution in [0.1, 0.15) is 61.8 Å². The van der Waals surface area contributed by atoms with Gasteiger partial charge in [0, 0.05) is 29.2 Å². The lowest BCUT2D eigenvalue weighted by molar-refractivity contribution is 0.171. The van der Waals surface area contributed by atoms with Crippen LogP contribution in [0, 0.1) is 6.92 Å². The van der Waals surface area contributed by atoms with Crippen LogP contribution in [-0.4, -0.2) is 29.0 Å². The number of piperidine rings is 1. The van der Waals surface area contributed by atoms with Gasteiger partial charge >= 0.3 is 0 Å². The van der Waals surface area contributed by atoms with Crippen molar-refractivity contribution in [2.24, 2.45) is 0 Å². The Hall–Kier alpha value is -2.30. The Morgan fingerprint density at radius 3 is 2.67 bits per heavy atom. The summed E-state index contributed by atoms with van der Waals surface area (Å²) in [7, 11) is 0. The van der Waals surface area contributed by atoms with E-state index < -0.39 is 0 Å². The number of hydrogen-bond donors (Lipinski definition) is 2. The second-order valence-corrected chi connectivity index (χ2v) is 8.93. The van der Waals surface area contributed by atoms with E-state index in [2.05, 4.69) is 65.6 Å². The highest BCUT2D eigenvalue weighted by atomic mass is 35.5. The molecule has 0 unspecified atom stereocenters. The molecule has 0 amide bonds. The second-order valence-electron chi connectivity index (χ2n) is 8.54. The van der Waals surface area contributed by atoms with Gasteiger partial charge in [0.15, 0.2) is 0 Å². The van der Waals surface area contributed by atoms with E-state index in [0.717, 1.165) is 28.3 Å². The highest BCUT2D eigenvalue weighted by Gasteiger charge is 2.23. The number of nitrogens with one attached hydrogen (secondary N) is 2. The number of nitrogens with zero attached hydrogens (tertiary/aromatic N) is 2. The molecule has 4 rings (SSSR count). The van der Waals surface area contributed by atoms with Crippen LogP contribution in [0.2, 0.25) is 5.15 Å². The third kappa shape index (κ3) is 4.26.